The van der Waals surface area contributed by atoms with E-state index in [0.29, 0.717) is 19.5 Å². The van der Waals surface area contributed by atoms with Gasteiger partial charge in [0.1, 0.15) is 5.60 Å². The smallest absolute Gasteiger partial charge is 0.410 e. The number of aliphatic hydroxyl groups is 1. The summed E-state index contributed by atoms with van der Waals surface area (Å²) in [5, 5.41) is 8.98. The Morgan fingerprint density at radius 2 is 2.22 bits per heavy atom. The van der Waals surface area contributed by atoms with Crippen LogP contribution >= 0.6 is 15.9 Å². The number of halogens is 1. The van der Waals surface area contributed by atoms with Crippen molar-refractivity contribution in [1.82, 2.24) is 4.90 Å². The average Bonchev–Trinajstić information content (AvgIpc) is 2.57. The van der Waals surface area contributed by atoms with Crippen molar-refractivity contribution in [1.29, 1.82) is 0 Å². The SMILES string of the molecule is CC1(CCO)CN(Cc2ccccc2Br)C(=O)O1. The molecule has 0 aromatic heterocycles. The van der Waals surface area contributed by atoms with E-state index in [1.54, 1.807) is 4.90 Å². The molecule has 5 heteroatoms. The molecule has 0 saturated carbocycles. The zero-order valence-corrected chi connectivity index (χ0v) is 11.8. The fraction of sp³-hybridized carbons (Fsp3) is 0.462. The molecule has 1 fully saturated rings. The molecule has 1 aromatic carbocycles. The maximum Gasteiger partial charge on any atom is 0.410 e. The molecule has 0 spiro atoms. The highest BCUT2D eigenvalue weighted by atomic mass is 79.9. The normalized spacial score (nSPS) is 23.3. The Hall–Kier alpha value is -1.07. The lowest BCUT2D eigenvalue weighted by molar-refractivity contribution is 0.0502. The topological polar surface area (TPSA) is 49.8 Å². The fourth-order valence-corrected chi connectivity index (χ4v) is 2.51. The van der Waals surface area contributed by atoms with Crippen LogP contribution in [-0.2, 0) is 11.3 Å². The minimum absolute atomic E-state index is 0.0205. The fourth-order valence-electron chi connectivity index (χ4n) is 2.10. The van der Waals surface area contributed by atoms with Gasteiger partial charge in [-0.05, 0) is 18.6 Å². The van der Waals surface area contributed by atoms with Gasteiger partial charge in [0.25, 0.3) is 0 Å². The molecule has 4 nitrogen and oxygen atoms in total. The van der Waals surface area contributed by atoms with Crippen LogP contribution in [-0.4, -0.2) is 34.9 Å². The number of nitrogens with zero attached hydrogens (tertiary/aromatic N) is 1. The van der Waals surface area contributed by atoms with Crippen molar-refractivity contribution >= 4 is 22.0 Å². The molecule has 1 unspecified atom stereocenters. The first-order chi connectivity index (χ1) is 8.54. The van der Waals surface area contributed by atoms with Crippen molar-refractivity contribution in [3.8, 4) is 0 Å². The molecule has 2 rings (SSSR count). The molecule has 98 valence electrons. The number of aliphatic hydroxyl groups excluding tert-OH is 1. The summed E-state index contributed by atoms with van der Waals surface area (Å²) in [7, 11) is 0. The third-order valence-electron chi connectivity index (χ3n) is 3.08. The van der Waals surface area contributed by atoms with Crippen LogP contribution < -0.4 is 0 Å². The molecule has 1 heterocycles. The lowest BCUT2D eigenvalue weighted by atomic mass is 10.0. The number of hydrogen-bond donors (Lipinski definition) is 1. The van der Waals surface area contributed by atoms with Crippen molar-refractivity contribution in [3.05, 3.63) is 34.3 Å². The molecule has 18 heavy (non-hydrogen) atoms. The van der Waals surface area contributed by atoms with Crippen molar-refractivity contribution < 1.29 is 14.6 Å². The maximum absolute atomic E-state index is 11.8. The second kappa shape index (κ2) is 5.28. The van der Waals surface area contributed by atoms with Crippen LogP contribution in [0.1, 0.15) is 18.9 Å². The Labute approximate surface area is 115 Å². The van der Waals surface area contributed by atoms with E-state index in [4.69, 9.17) is 9.84 Å². The molecule has 0 bridgehead atoms. The minimum Gasteiger partial charge on any atom is -0.441 e. The van der Waals surface area contributed by atoms with Crippen LogP contribution in [0.2, 0.25) is 0 Å². The van der Waals surface area contributed by atoms with Gasteiger partial charge in [-0.1, -0.05) is 34.1 Å². The zero-order chi connectivity index (χ0) is 13.2. The predicted molar refractivity (Wildman–Crippen MR) is 71.1 cm³/mol. The molecule has 1 aliphatic heterocycles. The largest absolute Gasteiger partial charge is 0.441 e. The zero-order valence-electron chi connectivity index (χ0n) is 10.2. The van der Waals surface area contributed by atoms with E-state index < -0.39 is 5.60 Å². The van der Waals surface area contributed by atoms with Crippen molar-refractivity contribution in [2.45, 2.75) is 25.5 Å². The Bertz CT molecular complexity index is 452. The number of carbonyl (C=O) groups excluding carboxylic acids is 1. The number of benzene rings is 1. The number of carbonyl (C=O) groups is 1. The number of ether oxygens (including phenoxy) is 1. The van der Waals surface area contributed by atoms with Gasteiger partial charge in [0.15, 0.2) is 0 Å². The Kier molecular flexibility index (Phi) is 3.92. The number of hydrogen-bond acceptors (Lipinski definition) is 3. The minimum atomic E-state index is -0.576. The molecular formula is C13H16BrNO3. The summed E-state index contributed by atoms with van der Waals surface area (Å²) in [6.45, 7) is 2.89. The highest BCUT2D eigenvalue weighted by molar-refractivity contribution is 9.10. The molecule has 1 atom stereocenters. The van der Waals surface area contributed by atoms with Crippen LogP contribution in [0.25, 0.3) is 0 Å². The van der Waals surface area contributed by atoms with Gasteiger partial charge in [-0.2, -0.15) is 0 Å². The third kappa shape index (κ3) is 2.84. The second-order valence-corrected chi connectivity index (χ2v) is 5.59. The van der Waals surface area contributed by atoms with E-state index in [0.717, 1.165) is 10.0 Å². The van der Waals surface area contributed by atoms with Gasteiger partial charge in [0, 0.05) is 17.5 Å². The van der Waals surface area contributed by atoms with E-state index in [2.05, 4.69) is 15.9 Å². The summed E-state index contributed by atoms with van der Waals surface area (Å²) in [6, 6.07) is 7.79. The lowest BCUT2D eigenvalue weighted by Gasteiger charge is -2.20. The molecule has 1 N–H and O–H groups in total. The average molecular weight is 314 g/mol. The summed E-state index contributed by atoms with van der Waals surface area (Å²) >= 11 is 3.46. The number of cyclic esters (lactones) is 1. The van der Waals surface area contributed by atoms with E-state index in [1.807, 2.05) is 31.2 Å². The summed E-state index contributed by atoms with van der Waals surface area (Å²) in [5.74, 6) is 0. The third-order valence-corrected chi connectivity index (χ3v) is 3.85. The summed E-state index contributed by atoms with van der Waals surface area (Å²) in [5.41, 5.74) is 0.468. The molecule has 1 aromatic rings. The van der Waals surface area contributed by atoms with E-state index in [1.165, 1.54) is 0 Å². The van der Waals surface area contributed by atoms with Gasteiger partial charge < -0.3 is 9.84 Å². The molecule has 0 aliphatic carbocycles. The van der Waals surface area contributed by atoms with Gasteiger partial charge in [-0.25, -0.2) is 4.79 Å². The number of amides is 1. The van der Waals surface area contributed by atoms with Crippen LogP contribution in [0.5, 0.6) is 0 Å². The summed E-state index contributed by atoms with van der Waals surface area (Å²) in [4.78, 5) is 13.4. The van der Waals surface area contributed by atoms with Crippen LogP contribution in [0.15, 0.2) is 28.7 Å². The van der Waals surface area contributed by atoms with Crippen molar-refractivity contribution in [2.24, 2.45) is 0 Å². The Morgan fingerprint density at radius 1 is 1.50 bits per heavy atom. The summed E-state index contributed by atoms with van der Waals surface area (Å²) < 4.78 is 6.31. The van der Waals surface area contributed by atoms with Crippen LogP contribution in [0.4, 0.5) is 4.79 Å². The van der Waals surface area contributed by atoms with E-state index >= 15 is 0 Å². The maximum atomic E-state index is 11.8. The molecular weight excluding hydrogens is 298 g/mol. The monoisotopic (exact) mass is 313 g/mol. The second-order valence-electron chi connectivity index (χ2n) is 4.74. The summed E-state index contributed by atoms with van der Waals surface area (Å²) in [6.07, 6.45) is 0.146. The highest BCUT2D eigenvalue weighted by Gasteiger charge is 2.40. The van der Waals surface area contributed by atoms with Gasteiger partial charge in [0.05, 0.1) is 13.1 Å². The van der Waals surface area contributed by atoms with Crippen LogP contribution in [0.3, 0.4) is 0 Å². The van der Waals surface area contributed by atoms with Crippen molar-refractivity contribution in [3.63, 3.8) is 0 Å². The molecule has 1 aliphatic rings. The highest BCUT2D eigenvalue weighted by Crippen LogP contribution is 2.28. The predicted octanol–water partition coefficient (Wildman–Crippen LogP) is 2.54. The number of rotatable bonds is 4. The quantitative estimate of drug-likeness (QED) is 0.929. The van der Waals surface area contributed by atoms with Crippen LogP contribution in [0, 0.1) is 0 Å². The standard InChI is InChI=1S/C13H16BrNO3/c1-13(6-7-16)9-15(12(17)18-13)8-10-4-2-3-5-11(10)14/h2-5,16H,6-9H2,1H3. The Morgan fingerprint density at radius 3 is 2.89 bits per heavy atom. The van der Waals surface area contributed by atoms with Gasteiger partial charge >= 0.3 is 6.09 Å². The first kappa shape index (κ1) is 13.4. The van der Waals surface area contributed by atoms with E-state index in [9.17, 15) is 4.79 Å². The van der Waals surface area contributed by atoms with Crippen molar-refractivity contribution in [2.75, 3.05) is 13.2 Å². The van der Waals surface area contributed by atoms with E-state index in [-0.39, 0.29) is 12.7 Å². The first-order valence-electron chi connectivity index (χ1n) is 5.86. The molecule has 1 saturated heterocycles. The molecule has 0 radical (unpaired) electrons. The Balaban J connectivity index is 2.07. The molecule has 1 amide bonds. The lowest BCUT2D eigenvalue weighted by Crippen LogP contribution is -2.32. The van der Waals surface area contributed by atoms with Gasteiger partial charge in [-0.15, -0.1) is 0 Å². The first-order valence-corrected chi connectivity index (χ1v) is 6.65. The van der Waals surface area contributed by atoms with Gasteiger partial charge in [0.2, 0.25) is 0 Å². The van der Waals surface area contributed by atoms with Gasteiger partial charge in [-0.3, -0.25) is 4.90 Å².